The standard InChI is InChI=1S/C41H49ClN9O5P/c1-56-35-24-30(12-13-32(35)46-41-43-25-31(42)38(48-41)44-33-6-4-5-7-36(33)57(2,3)55)51-22-20-49(21-23-51)26-27-16-18-50(19-17-27)29-10-8-28(9-11-29)39(53)45-34-14-15-37(52)47-40(34)54/h4-13,24-25,27,34H,14-23,26H2,1-3H3,(H,45,53)(H,47,52,54)(H2,43,44,46,48). The van der Waals surface area contributed by atoms with E-state index in [2.05, 4.69) is 52.0 Å². The van der Waals surface area contributed by atoms with Gasteiger partial charge in [0.15, 0.2) is 5.82 Å². The van der Waals surface area contributed by atoms with Gasteiger partial charge in [-0.05, 0) is 87.0 Å². The van der Waals surface area contributed by atoms with E-state index in [1.165, 1.54) is 6.20 Å². The van der Waals surface area contributed by atoms with Crippen LogP contribution in [0.5, 0.6) is 5.75 Å². The molecular weight excluding hydrogens is 765 g/mol. The first-order chi connectivity index (χ1) is 27.4. The van der Waals surface area contributed by atoms with E-state index >= 15 is 0 Å². The number of piperidine rings is 2. The molecule has 4 heterocycles. The normalized spacial score (nSPS) is 18.2. The van der Waals surface area contributed by atoms with Crippen LogP contribution in [-0.2, 0) is 14.2 Å². The van der Waals surface area contributed by atoms with Gasteiger partial charge in [-0.3, -0.25) is 24.6 Å². The second-order valence-corrected chi connectivity index (χ2v) is 18.7. The van der Waals surface area contributed by atoms with Gasteiger partial charge in [0.25, 0.3) is 5.91 Å². The van der Waals surface area contributed by atoms with Crippen molar-refractivity contribution in [2.45, 2.75) is 31.7 Å². The van der Waals surface area contributed by atoms with Gasteiger partial charge in [-0.15, -0.1) is 0 Å². The van der Waals surface area contributed by atoms with E-state index in [0.717, 1.165) is 75.7 Å². The number of rotatable bonds is 12. The van der Waals surface area contributed by atoms with Crippen molar-refractivity contribution in [3.8, 4) is 5.75 Å². The van der Waals surface area contributed by atoms with Crippen LogP contribution in [-0.4, -0.2) is 105 Å². The fraction of sp³-hybridized carbons (Fsp3) is 0.390. The van der Waals surface area contributed by atoms with Gasteiger partial charge in [0.05, 0.1) is 24.7 Å². The van der Waals surface area contributed by atoms with Gasteiger partial charge in [0, 0.05) is 80.5 Å². The van der Waals surface area contributed by atoms with Crippen molar-refractivity contribution in [1.82, 2.24) is 25.5 Å². The SMILES string of the molecule is COc1cc(N2CCN(CC3CCN(c4ccc(C(=O)NC5CCC(=O)NC5=O)cc4)CC3)CC2)ccc1Nc1ncc(Cl)c(Nc2ccccc2P(C)(C)=O)n1. The largest absolute Gasteiger partial charge is 0.494 e. The lowest BCUT2D eigenvalue weighted by atomic mass is 9.95. The number of anilines is 6. The molecule has 3 fully saturated rings. The Morgan fingerprint density at radius 2 is 1.60 bits per heavy atom. The van der Waals surface area contributed by atoms with Crippen molar-refractivity contribution in [3.05, 3.63) is 83.5 Å². The minimum Gasteiger partial charge on any atom is -0.494 e. The molecule has 0 bridgehead atoms. The van der Waals surface area contributed by atoms with E-state index < -0.39 is 19.1 Å². The smallest absolute Gasteiger partial charge is 0.251 e. The minimum atomic E-state index is -2.55. The van der Waals surface area contributed by atoms with Crippen LogP contribution >= 0.6 is 18.7 Å². The molecule has 3 saturated heterocycles. The van der Waals surface area contributed by atoms with Gasteiger partial charge in [-0.2, -0.15) is 4.98 Å². The lowest BCUT2D eigenvalue weighted by Gasteiger charge is -2.40. The Hall–Kier alpha value is -5.17. The summed E-state index contributed by atoms with van der Waals surface area (Å²) in [5.41, 5.74) is 4.07. The Kier molecular flexibility index (Phi) is 12.3. The predicted molar refractivity (Wildman–Crippen MR) is 226 cm³/mol. The number of nitrogens with one attached hydrogen (secondary N) is 4. The zero-order valence-corrected chi connectivity index (χ0v) is 34.1. The Morgan fingerprint density at radius 3 is 2.30 bits per heavy atom. The Bertz CT molecular complexity index is 2150. The van der Waals surface area contributed by atoms with Gasteiger partial charge in [0.1, 0.15) is 24.0 Å². The van der Waals surface area contributed by atoms with E-state index in [4.69, 9.17) is 16.3 Å². The number of benzene rings is 3. The third kappa shape index (κ3) is 9.87. The van der Waals surface area contributed by atoms with Crippen LogP contribution in [0.4, 0.5) is 34.5 Å². The number of piperazine rings is 1. The minimum absolute atomic E-state index is 0.220. The van der Waals surface area contributed by atoms with Crippen LogP contribution in [0.15, 0.2) is 72.9 Å². The summed E-state index contributed by atoms with van der Waals surface area (Å²) in [6, 6.07) is 20.4. The number of ether oxygens (including phenoxy) is 1. The van der Waals surface area contributed by atoms with E-state index in [1.807, 2.05) is 48.5 Å². The molecular formula is C41H49ClN9O5P. The van der Waals surface area contributed by atoms with Crippen LogP contribution < -0.4 is 41.1 Å². The highest BCUT2D eigenvalue weighted by Crippen LogP contribution is 2.39. The fourth-order valence-electron chi connectivity index (χ4n) is 7.62. The zero-order valence-electron chi connectivity index (χ0n) is 32.5. The molecule has 0 aliphatic carbocycles. The van der Waals surface area contributed by atoms with E-state index in [-0.39, 0.29) is 18.2 Å². The summed E-state index contributed by atoms with van der Waals surface area (Å²) < 4.78 is 18.7. The number of imide groups is 1. The first kappa shape index (κ1) is 40.0. The van der Waals surface area contributed by atoms with Crippen molar-refractivity contribution in [1.29, 1.82) is 0 Å². The van der Waals surface area contributed by atoms with Crippen LogP contribution in [0.2, 0.25) is 5.02 Å². The molecule has 1 unspecified atom stereocenters. The molecule has 0 spiro atoms. The molecule has 57 heavy (non-hydrogen) atoms. The van der Waals surface area contributed by atoms with Crippen molar-refractivity contribution in [2.75, 3.05) is 86.7 Å². The molecule has 3 aromatic carbocycles. The summed E-state index contributed by atoms with van der Waals surface area (Å²) in [5, 5.41) is 12.6. The number of aromatic nitrogens is 2. The van der Waals surface area contributed by atoms with E-state index in [1.54, 1.807) is 32.6 Å². The molecule has 4 N–H and O–H groups in total. The summed E-state index contributed by atoms with van der Waals surface area (Å²) in [6.45, 7) is 10.2. The number of halogens is 1. The second-order valence-electron chi connectivity index (χ2n) is 15.1. The summed E-state index contributed by atoms with van der Waals surface area (Å²) in [4.78, 5) is 52.5. The fourth-order valence-corrected chi connectivity index (χ4v) is 8.91. The highest BCUT2D eigenvalue weighted by molar-refractivity contribution is 7.70. The monoisotopic (exact) mass is 813 g/mol. The molecule has 3 amide bonds. The summed E-state index contributed by atoms with van der Waals surface area (Å²) in [6.07, 6.45) is 4.27. The lowest BCUT2D eigenvalue weighted by Crippen LogP contribution is -2.52. The van der Waals surface area contributed by atoms with E-state index in [0.29, 0.717) is 51.4 Å². The third-order valence-electron chi connectivity index (χ3n) is 10.8. The van der Waals surface area contributed by atoms with Crippen molar-refractivity contribution >= 4 is 76.3 Å². The van der Waals surface area contributed by atoms with Crippen LogP contribution in [0.25, 0.3) is 0 Å². The summed E-state index contributed by atoms with van der Waals surface area (Å²) in [7, 11) is -0.899. The van der Waals surface area contributed by atoms with Crippen molar-refractivity contribution in [3.63, 3.8) is 0 Å². The first-order valence-electron chi connectivity index (χ1n) is 19.3. The molecule has 3 aliphatic heterocycles. The number of nitrogens with zero attached hydrogens (tertiary/aromatic N) is 5. The maximum Gasteiger partial charge on any atom is 0.251 e. The highest BCUT2D eigenvalue weighted by Gasteiger charge is 2.29. The van der Waals surface area contributed by atoms with Gasteiger partial charge in [-0.1, -0.05) is 23.7 Å². The van der Waals surface area contributed by atoms with Crippen molar-refractivity contribution < 1.29 is 23.7 Å². The third-order valence-corrected chi connectivity index (χ3v) is 12.6. The number of hydrogen-bond acceptors (Lipinski definition) is 12. The molecule has 0 saturated carbocycles. The number of carbonyl (C=O) groups excluding carboxylic acids is 3. The van der Waals surface area contributed by atoms with Gasteiger partial charge in [0.2, 0.25) is 17.8 Å². The van der Waals surface area contributed by atoms with E-state index in [9.17, 15) is 18.9 Å². The topological polar surface area (TPSA) is 161 Å². The highest BCUT2D eigenvalue weighted by atomic mass is 35.5. The van der Waals surface area contributed by atoms with Gasteiger partial charge >= 0.3 is 0 Å². The maximum absolute atomic E-state index is 12.9. The molecule has 1 atom stereocenters. The van der Waals surface area contributed by atoms with Gasteiger partial charge in [-0.25, -0.2) is 4.98 Å². The summed E-state index contributed by atoms with van der Waals surface area (Å²) >= 11 is 6.47. The lowest BCUT2D eigenvalue weighted by molar-refractivity contribution is -0.134. The number of para-hydroxylation sites is 1. The van der Waals surface area contributed by atoms with Crippen LogP contribution in [0.3, 0.4) is 0 Å². The molecule has 14 nitrogen and oxygen atoms in total. The zero-order chi connectivity index (χ0) is 40.1. The molecule has 7 rings (SSSR count). The van der Waals surface area contributed by atoms with Crippen LogP contribution in [0.1, 0.15) is 36.0 Å². The quantitative estimate of drug-likeness (QED) is 0.106. The molecule has 1 aromatic heterocycles. The number of methoxy groups -OCH3 is 1. The average molecular weight is 814 g/mol. The first-order valence-corrected chi connectivity index (χ1v) is 22.3. The van der Waals surface area contributed by atoms with Crippen LogP contribution in [0, 0.1) is 5.92 Å². The Morgan fingerprint density at radius 1 is 0.895 bits per heavy atom. The maximum atomic E-state index is 12.9. The molecule has 3 aliphatic rings. The molecule has 4 aromatic rings. The molecule has 0 radical (unpaired) electrons. The van der Waals surface area contributed by atoms with Crippen molar-refractivity contribution in [2.24, 2.45) is 5.92 Å². The molecule has 300 valence electrons. The summed E-state index contributed by atoms with van der Waals surface area (Å²) in [5.74, 6) is 0.953. The predicted octanol–water partition coefficient (Wildman–Crippen LogP) is 5.45. The Balaban J connectivity index is 0.878. The average Bonchev–Trinajstić information content (AvgIpc) is 3.21. The number of amides is 3. The number of hydrogen-bond donors (Lipinski definition) is 4. The number of carbonyl (C=O) groups is 3. The second kappa shape index (κ2) is 17.5. The Labute approximate surface area is 338 Å². The van der Waals surface area contributed by atoms with Gasteiger partial charge < -0.3 is 35.1 Å². The molecule has 16 heteroatoms.